The third-order valence-corrected chi connectivity index (χ3v) is 2.62. The lowest BCUT2D eigenvalue weighted by atomic mass is 10.2. The molecule has 0 aliphatic carbocycles. The molecule has 19 heavy (non-hydrogen) atoms. The predicted molar refractivity (Wildman–Crippen MR) is 64.1 cm³/mol. The van der Waals surface area contributed by atoms with Gasteiger partial charge in [-0.3, -0.25) is 0 Å². The first-order chi connectivity index (χ1) is 8.99. The quantitative estimate of drug-likeness (QED) is 0.893. The molecule has 0 aliphatic rings. The summed E-state index contributed by atoms with van der Waals surface area (Å²) in [7, 11) is 0. The summed E-state index contributed by atoms with van der Waals surface area (Å²) < 4.78 is 32.1. The Morgan fingerprint density at radius 3 is 2.79 bits per heavy atom. The van der Waals surface area contributed by atoms with Crippen LogP contribution in [0.4, 0.5) is 14.5 Å². The molecule has 0 amide bonds. The molecule has 1 aromatic heterocycles. The van der Waals surface area contributed by atoms with Crippen LogP contribution in [0.5, 0.6) is 0 Å². The van der Waals surface area contributed by atoms with Crippen LogP contribution in [0.15, 0.2) is 28.9 Å². The SMILES string of the molecule is Cc1ccc(F)c(NCc2cc(C(=O)O)co2)c1F. The first-order valence-electron chi connectivity index (χ1n) is 5.48. The fraction of sp³-hybridized carbons (Fsp3) is 0.154. The second-order valence-electron chi connectivity index (χ2n) is 4.01. The Hall–Kier alpha value is -2.37. The van der Waals surface area contributed by atoms with Gasteiger partial charge >= 0.3 is 5.97 Å². The number of aryl methyl sites for hydroxylation is 1. The minimum atomic E-state index is -1.12. The summed E-state index contributed by atoms with van der Waals surface area (Å²) in [5.41, 5.74) is 0.0461. The Bertz CT molecular complexity index is 622. The van der Waals surface area contributed by atoms with Gasteiger partial charge in [-0.2, -0.15) is 0 Å². The Morgan fingerprint density at radius 2 is 2.16 bits per heavy atom. The number of rotatable bonds is 4. The molecule has 2 N–H and O–H groups in total. The summed E-state index contributed by atoms with van der Waals surface area (Å²) in [5.74, 6) is -2.24. The number of hydrogen-bond acceptors (Lipinski definition) is 3. The third kappa shape index (κ3) is 2.73. The van der Waals surface area contributed by atoms with E-state index < -0.39 is 17.6 Å². The number of carboxylic acid groups (broad SMARTS) is 1. The smallest absolute Gasteiger partial charge is 0.338 e. The van der Waals surface area contributed by atoms with Crippen molar-refractivity contribution < 1.29 is 23.1 Å². The topological polar surface area (TPSA) is 62.5 Å². The number of furan rings is 1. The highest BCUT2D eigenvalue weighted by Crippen LogP contribution is 2.22. The van der Waals surface area contributed by atoms with E-state index in [4.69, 9.17) is 9.52 Å². The molecule has 0 bridgehead atoms. The number of aromatic carboxylic acids is 1. The largest absolute Gasteiger partial charge is 0.478 e. The van der Waals surface area contributed by atoms with E-state index in [0.29, 0.717) is 5.56 Å². The first-order valence-corrected chi connectivity index (χ1v) is 5.48. The van der Waals surface area contributed by atoms with Gasteiger partial charge in [0.1, 0.15) is 23.5 Å². The van der Waals surface area contributed by atoms with Crippen molar-refractivity contribution in [1.29, 1.82) is 0 Å². The molecule has 100 valence electrons. The summed E-state index contributed by atoms with van der Waals surface area (Å²) in [6.45, 7) is 1.51. The van der Waals surface area contributed by atoms with Crippen LogP contribution in [0.3, 0.4) is 0 Å². The number of hydrogen-bond donors (Lipinski definition) is 2. The van der Waals surface area contributed by atoms with Gasteiger partial charge in [0, 0.05) is 0 Å². The summed E-state index contributed by atoms with van der Waals surface area (Å²) in [6, 6.07) is 3.79. The van der Waals surface area contributed by atoms with Gasteiger partial charge in [-0.1, -0.05) is 6.07 Å². The second-order valence-corrected chi connectivity index (χ2v) is 4.01. The highest BCUT2D eigenvalue weighted by molar-refractivity contribution is 5.87. The van der Waals surface area contributed by atoms with Crippen LogP contribution in [0.1, 0.15) is 21.7 Å². The molecule has 0 atom stereocenters. The number of anilines is 1. The molecule has 1 aromatic carbocycles. The first kappa shape index (κ1) is 13.1. The molecule has 1 heterocycles. The monoisotopic (exact) mass is 267 g/mol. The zero-order valence-electron chi connectivity index (χ0n) is 10.0. The minimum Gasteiger partial charge on any atom is -0.478 e. The molecule has 0 saturated heterocycles. The summed E-state index contributed by atoms with van der Waals surface area (Å²) in [6.07, 6.45) is 1.07. The van der Waals surface area contributed by atoms with Crippen molar-refractivity contribution >= 4 is 11.7 Å². The van der Waals surface area contributed by atoms with Gasteiger partial charge in [0.25, 0.3) is 0 Å². The number of benzene rings is 1. The maximum Gasteiger partial charge on any atom is 0.338 e. The minimum absolute atomic E-state index is 0.00935. The van der Waals surface area contributed by atoms with E-state index in [2.05, 4.69) is 5.32 Å². The predicted octanol–water partition coefficient (Wildman–Crippen LogP) is 3.18. The lowest BCUT2D eigenvalue weighted by molar-refractivity contribution is 0.0696. The average molecular weight is 267 g/mol. The van der Waals surface area contributed by atoms with Gasteiger partial charge in [-0.15, -0.1) is 0 Å². The number of halogens is 2. The zero-order chi connectivity index (χ0) is 14.0. The molecule has 2 aromatic rings. The van der Waals surface area contributed by atoms with Crippen molar-refractivity contribution in [3.05, 3.63) is 53.0 Å². The molecule has 4 nitrogen and oxygen atoms in total. The number of carboxylic acids is 1. The van der Waals surface area contributed by atoms with Gasteiger partial charge in [0.15, 0.2) is 5.82 Å². The van der Waals surface area contributed by atoms with Crippen molar-refractivity contribution in [2.45, 2.75) is 13.5 Å². The van der Waals surface area contributed by atoms with E-state index in [-0.39, 0.29) is 23.6 Å². The lowest BCUT2D eigenvalue weighted by Gasteiger charge is -2.08. The van der Waals surface area contributed by atoms with E-state index in [1.54, 1.807) is 0 Å². The normalized spacial score (nSPS) is 10.5. The number of carbonyl (C=O) groups is 1. The maximum atomic E-state index is 13.7. The average Bonchev–Trinajstić information content (AvgIpc) is 2.83. The van der Waals surface area contributed by atoms with Crippen molar-refractivity contribution in [2.75, 3.05) is 5.32 Å². The van der Waals surface area contributed by atoms with E-state index >= 15 is 0 Å². The van der Waals surface area contributed by atoms with Crippen LogP contribution in [0.2, 0.25) is 0 Å². The van der Waals surface area contributed by atoms with Crippen molar-refractivity contribution in [3.8, 4) is 0 Å². The van der Waals surface area contributed by atoms with Crippen LogP contribution >= 0.6 is 0 Å². The van der Waals surface area contributed by atoms with Gasteiger partial charge in [0.05, 0.1) is 12.1 Å². The fourth-order valence-electron chi connectivity index (χ4n) is 1.58. The zero-order valence-corrected chi connectivity index (χ0v) is 10.0. The second kappa shape index (κ2) is 5.09. The van der Waals surface area contributed by atoms with Crippen LogP contribution in [-0.2, 0) is 6.54 Å². The Kier molecular flexibility index (Phi) is 3.50. The third-order valence-electron chi connectivity index (χ3n) is 2.62. The molecular weight excluding hydrogens is 256 g/mol. The van der Waals surface area contributed by atoms with Gasteiger partial charge in [-0.05, 0) is 24.6 Å². The standard InChI is InChI=1S/C13H11F2NO3/c1-7-2-3-10(14)12(11(7)15)16-5-9-4-8(6-19-9)13(17)18/h2-4,6,16H,5H2,1H3,(H,17,18). The van der Waals surface area contributed by atoms with Crippen molar-refractivity contribution in [1.82, 2.24) is 0 Å². The number of nitrogens with one attached hydrogen (secondary N) is 1. The molecule has 0 fully saturated rings. The molecule has 0 aliphatic heterocycles. The van der Waals surface area contributed by atoms with Crippen LogP contribution in [-0.4, -0.2) is 11.1 Å². The summed E-state index contributed by atoms with van der Waals surface area (Å²) in [5, 5.41) is 11.3. The molecule has 0 radical (unpaired) electrons. The highest BCUT2D eigenvalue weighted by atomic mass is 19.1. The van der Waals surface area contributed by atoms with E-state index in [1.165, 1.54) is 19.1 Å². The molecule has 2 rings (SSSR count). The fourth-order valence-corrected chi connectivity index (χ4v) is 1.58. The van der Waals surface area contributed by atoms with E-state index in [9.17, 15) is 13.6 Å². The van der Waals surface area contributed by atoms with Crippen molar-refractivity contribution in [3.63, 3.8) is 0 Å². The van der Waals surface area contributed by atoms with Crippen LogP contribution in [0, 0.1) is 18.6 Å². The lowest BCUT2D eigenvalue weighted by Crippen LogP contribution is -2.04. The molecule has 0 spiro atoms. The Balaban J connectivity index is 2.14. The molecule has 0 unspecified atom stereocenters. The van der Waals surface area contributed by atoms with Crippen molar-refractivity contribution in [2.24, 2.45) is 0 Å². The Morgan fingerprint density at radius 1 is 1.42 bits per heavy atom. The molecule has 0 saturated carbocycles. The summed E-state index contributed by atoms with van der Waals surface area (Å²) in [4.78, 5) is 10.6. The molecule has 6 heteroatoms. The van der Waals surface area contributed by atoms with Gasteiger partial charge < -0.3 is 14.8 Å². The maximum absolute atomic E-state index is 13.7. The Labute approximate surface area is 107 Å². The van der Waals surface area contributed by atoms with E-state index in [1.807, 2.05) is 0 Å². The van der Waals surface area contributed by atoms with E-state index in [0.717, 1.165) is 12.3 Å². The summed E-state index contributed by atoms with van der Waals surface area (Å²) >= 11 is 0. The highest BCUT2D eigenvalue weighted by Gasteiger charge is 2.13. The van der Waals surface area contributed by atoms with Crippen LogP contribution < -0.4 is 5.32 Å². The van der Waals surface area contributed by atoms with Gasteiger partial charge in [0.2, 0.25) is 0 Å². The van der Waals surface area contributed by atoms with Crippen LogP contribution in [0.25, 0.3) is 0 Å². The van der Waals surface area contributed by atoms with Gasteiger partial charge in [-0.25, -0.2) is 13.6 Å². The molecular formula is C13H11F2NO3.